The van der Waals surface area contributed by atoms with E-state index < -0.39 is 29.5 Å². The van der Waals surface area contributed by atoms with Crippen molar-refractivity contribution in [3.05, 3.63) is 76.3 Å². The number of hydrogen-bond acceptors (Lipinski definition) is 11. The highest BCUT2D eigenvalue weighted by Gasteiger charge is 2.49. The fourth-order valence-corrected chi connectivity index (χ4v) is 5.85. The summed E-state index contributed by atoms with van der Waals surface area (Å²) in [5, 5.41) is 11.7. The first-order chi connectivity index (χ1) is 21.3. The van der Waals surface area contributed by atoms with Crippen LogP contribution in [-0.2, 0) is 14.3 Å². The monoisotopic (exact) mass is 620 g/mol. The Morgan fingerprint density at radius 2 is 1.89 bits per heavy atom. The first-order valence-electron chi connectivity index (χ1n) is 14.1. The van der Waals surface area contributed by atoms with Gasteiger partial charge in [0.25, 0.3) is 5.78 Å². The molecule has 0 aliphatic carbocycles. The van der Waals surface area contributed by atoms with Gasteiger partial charge in [-0.3, -0.25) is 14.5 Å². The van der Waals surface area contributed by atoms with Gasteiger partial charge in [-0.15, -0.1) is 0 Å². The molecule has 2 aromatic carbocycles. The van der Waals surface area contributed by atoms with Gasteiger partial charge in [0.05, 0.1) is 30.5 Å². The van der Waals surface area contributed by atoms with Gasteiger partial charge in [-0.05, 0) is 56.2 Å². The molecule has 0 unspecified atom stereocenters. The van der Waals surface area contributed by atoms with Crippen LogP contribution >= 0.6 is 11.3 Å². The Bertz CT molecular complexity index is 1640. The van der Waals surface area contributed by atoms with E-state index in [2.05, 4.69) is 11.6 Å². The molecule has 3 heterocycles. The zero-order chi connectivity index (χ0) is 31.4. The third-order valence-electron chi connectivity index (χ3n) is 6.81. The second-order valence-electron chi connectivity index (χ2n) is 9.81. The summed E-state index contributed by atoms with van der Waals surface area (Å²) in [6.45, 7) is 10.5. The molecule has 5 rings (SSSR count). The summed E-state index contributed by atoms with van der Waals surface area (Å²) in [5.41, 5.74) is 0.873. The van der Waals surface area contributed by atoms with Crippen LogP contribution in [0.15, 0.2) is 54.6 Å². The van der Waals surface area contributed by atoms with Crippen molar-refractivity contribution in [2.24, 2.45) is 0 Å². The van der Waals surface area contributed by atoms with E-state index in [0.717, 1.165) is 17.8 Å². The maximum Gasteiger partial charge on any atom is 0.350 e. The molecule has 12 heteroatoms. The second-order valence-corrected chi connectivity index (χ2v) is 10.8. The molecule has 0 spiro atoms. The average molecular weight is 621 g/mol. The molecule has 1 N–H and O–H groups in total. The quantitative estimate of drug-likeness (QED) is 0.0979. The number of rotatable bonds is 11. The Balaban J connectivity index is 1.67. The van der Waals surface area contributed by atoms with E-state index in [4.69, 9.17) is 23.7 Å². The van der Waals surface area contributed by atoms with Crippen molar-refractivity contribution < 1.29 is 43.2 Å². The lowest BCUT2D eigenvalue weighted by molar-refractivity contribution is -0.132. The normalized spacial score (nSPS) is 17.0. The van der Waals surface area contributed by atoms with Crippen LogP contribution in [0, 0.1) is 6.92 Å². The van der Waals surface area contributed by atoms with Gasteiger partial charge in [0.1, 0.15) is 30.5 Å². The Kier molecular flexibility index (Phi) is 9.19. The number of carbonyl (C=O) groups excluding carboxylic acids is 3. The minimum Gasteiger partial charge on any atom is -0.507 e. The summed E-state index contributed by atoms with van der Waals surface area (Å²) in [5.74, 6) is -1.06. The molecule has 1 aromatic heterocycles. The van der Waals surface area contributed by atoms with Gasteiger partial charge >= 0.3 is 11.9 Å². The molecule has 230 valence electrons. The largest absolute Gasteiger partial charge is 0.507 e. The average Bonchev–Trinajstić information content (AvgIpc) is 3.54. The molecule has 44 heavy (non-hydrogen) atoms. The standard InChI is InChI=1S/C32H32N2O9S/c1-5-12-40-21-10-8-19(16-23(21)39-7-3)26-25(27(35)20-9-11-22-24(17-20)42-15-14-41-22)28(36)30(37)34(26)32-33-18(4)29(44-32)31(38)43-13-6-2/h6,8-11,16-17,26,35H,2,5,7,12-15H2,1,3-4H3/t26-/m1/s1. The van der Waals surface area contributed by atoms with Gasteiger partial charge in [-0.25, -0.2) is 9.78 Å². The summed E-state index contributed by atoms with van der Waals surface area (Å²) in [6, 6.07) is 8.73. The first kappa shape index (κ1) is 30.6. The number of anilines is 1. The number of fused-ring (bicyclic) bond motifs is 1. The molecule has 3 aromatic rings. The van der Waals surface area contributed by atoms with Gasteiger partial charge in [-0.1, -0.05) is 37.0 Å². The number of aliphatic hydroxyl groups excluding tert-OH is 1. The topological polar surface area (TPSA) is 134 Å². The molecule has 0 bridgehead atoms. The predicted molar refractivity (Wildman–Crippen MR) is 163 cm³/mol. The van der Waals surface area contributed by atoms with Crippen LogP contribution in [0.1, 0.15) is 52.8 Å². The number of aliphatic hydroxyl groups is 1. The maximum absolute atomic E-state index is 13.7. The van der Waals surface area contributed by atoms with Crippen molar-refractivity contribution >= 4 is 39.9 Å². The first-order valence-corrected chi connectivity index (χ1v) is 15.0. The van der Waals surface area contributed by atoms with Crippen LogP contribution in [0.3, 0.4) is 0 Å². The van der Waals surface area contributed by atoms with Crippen LogP contribution in [0.4, 0.5) is 5.13 Å². The smallest absolute Gasteiger partial charge is 0.350 e. The molecule has 2 aliphatic rings. The molecular weight excluding hydrogens is 588 g/mol. The maximum atomic E-state index is 13.7. The van der Waals surface area contributed by atoms with Crippen molar-refractivity contribution in [1.82, 2.24) is 4.98 Å². The van der Waals surface area contributed by atoms with Crippen LogP contribution in [0.2, 0.25) is 0 Å². The van der Waals surface area contributed by atoms with Crippen LogP contribution in [0.25, 0.3) is 5.76 Å². The Hall–Kier alpha value is -4.84. The predicted octanol–water partition coefficient (Wildman–Crippen LogP) is 5.38. The van der Waals surface area contributed by atoms with Gasteiger partial charge in [0, 0.05) is 5.56 Å². The van der Waals surface area contributed by atoms with E-state index in [-0.39, 0.29) is 27.8 Å². The molecule has 1 saturated heterocycles. The highest BCUT2D eigenvalue weighted by Crippen LogP contribution is 2.46. The highest BCUT2D eigenvalue weighted by molar-refractivity contribution is 7.17. The second kappa shape index (κ2) is 13.2. The van der Waals surface area contributed by atoms with E-state index in [1.54, 1.807) is 43.3 Å². The number of esters is 1. The number of aryl methyl sites for hydroxylation is 1. The van der Waals surface area contributed by atoms with Crippen molar-refractivity contribution in [2.75, 3.05) is 37.9 Å². The van der Waals surface area contributed by atoms with Crippen LogP contribution in [0.5, 0.6) is 23.0 Å². The van der Waals surface area contributed by atoms with Gasteiger partial charge < -0.3 is 28.8 Å². The number of ketones is 1. The lowest BCUT2D eigenvalue weighted by atomic mass is 9.95. The SMILES string of the molecule is C=CCOC(=O)c1sc(N2C(=O)C(=O)C(=C(O)c3ccc4c(c3)OCCO4)[C@H]2c2ccc(OCCC)c(OCC)c2)nc1C. The molecular formula is C32H32N2O9S. The minimum atomic E-state index is -1.12. The van der Waals surface area contributed by atoms with E-state index >= 15 is 0 Å². The number of thiazole rings is 1. The highest BCUT2D eigenvalue weighted by atomic mass is 32.1. The van der Waals surface area contributed by atoms with E-state index in [1.165, 1.54) is 11.0 Å². The van der Waals surface area contributed by atoms with E-state index in [9.17, 15) is 19.5 Å². The Morgan fingerprint density at radius 3 is 2.61 bits per heavy atom. The summed E-state index contributed by atoms with van der Waals surface area (Å²) in [7, 11) is 0. The summed E-state index contributed by atoms with van der Waals surface area (Å²) < 4.78 is 28.2. The number of Topliss-reactive ketones (excluding diaryl/α,β-unsaturated/α-hetero) is 1. The van der Waals surface area contributed by atoms with Crippen molar-refractivity contribution in [1.29, 1.82) is 0 Å². The molecule has 11 nitrogen and oxygen atoms in total. The molecule has 1 fully saturated rings. The number of amides is 1. The minimum absolute atomic E-state index is 0.00178. The van der Waals surface area contributed by atoms with Gasteiger partial charge in [0.15, 0.2) is 28.1 Å². The van der Waals surface area contributed by atoms with Crippen LogP contribution < -0.4 is 23.8 Å². The van der Waals surface area contributed by atoms with E-state index in [1.807, 2.05) is 13.8 Å². The Morgan fingerprint density at radius 1 is 1.11 bits per heavy atom. The number of nitrogens with zero attached hydrogens (tertiary/aromatic N) is 2. The summed E-state index contributed by atoms with van der Waals surface area (Å²) >= 11 is 0.913. The fourth-order valence-electron chi connectivity index (χ4n) is 4.86. The molecule has 1 amide bonds. The third kappa shape index (κ3) is 5.85. The molecule has 2 aliphatic heterocycles. The summed E-state index contributed by atoms with van der Waals surface area (Å²) in [4.78, 5) is 46.0. The number of benzene rings is 2. The Labute approximate surface area is 258 Å². The fraction of sp³-hybridized carbons (Fsp3) is 0.312. The zero-order valence-corrected chi connectivity index (χ0v) is 25.4. The lowest BCUT2D eigenvalue weighted by Crippen LogP contribution is -2.29. The van der Waals surface area contributed by atoms with Crippen LogP contribution in [-0.4, -0.2) is 60.8 Å². The number of hydrogen-bond donors (Lipinski definition) is 1. The number of aromatic nitrogens is 1. The van der Waals surface area contributed by atoms with E-state index in [0.29, 0.717) is 60.7 Å². The number of carbonyl (C=O) groups is 3. The summed E-state index contributed by atoms with van der Waals surface area (Å²) in [6.07, 6.45) is 2.22. The molecule has 0 radical (unpaired) electrons. The van der Waals surface area contributed by atoms with Crippen molar-refractivity contribution in [3.63, 3.8) is 0 Å². The lowest BCUT2D eigenvalue weighted by Gasteiger charge is -2.24. The number of ether oxygens (including phenoxy) is 5. The molecule has 1 atom stereocenters. The van der Waals surface area contributed by atoms with Crippen molar-refractivity contribution in [2.45, 2.75) is 33.2 Å². The van der Waals surface area contributed by atoms with Crippen molar-refractivity contribution in [3.8, 4) is 23.0 Å². The third-order valence-corrected chi connectivity index (χ3v) is 7.95. The van der Waals surface area contributed by atoms with Gasteiger partial charge in [-0.2, -0.15) is 0 Å². The zero-order valence-electron chi connectivity index (χ0n) is 24.6. The molecule has 0 saturated carbocycles. The van der Waals surface area contributed by atoms with Gasteiger partial charge in [0.2, 0.25) is 0 Å².